The van der Waals surface area contributed by atoms with Gasteiger partial charge in [-0.05, 0) is 82.4 Å². The minimum atomic E-state index is 0.859. The van der Waals surface area contributed by atoms with E-state index < -0.39 is 0 Å². The average Bonchev–Trinajstić information content (AvgIpc) is 3.94. The van der Waals surface area contributed by atoms with Crippen LogP contribution in [0.3, 0.4) is 0 Å². The molecule has 12 rings (SSSR count). The molecule has 0 amide bonds. The van der Waals surface area contributed by atoms with Crippen molar-refractivity contribution in [1.82, 2.24) is 9.13 Å². The second-order valence-electron chi connectivity index (χ2n) is 14.8. The van der Waals surface area contributed by atoms with E-state index in [1.165, 1.54) is 60.3 Å². The predicted octanol–water partition coefficient (Wildman–Crippen LogP) is 14.8. The van der Waals surface area contributed by atoms with Crippen molar-refractivity contribution >= 4 is 65.6 Å². The first-order chi connectivity index (χ1) is 28.3. The number of benzene rings is 9. The Morgan fingerprint density at radius 2 is 0.702 bits per heavy atom. The van der Waals surface area contributed by atoms with E-state index >= 15 is 0 Å². The van der Waals surface area contributed by atoms with Crippen molar-refractivity contribution in [1.29, 1.82) is 0 Å². The zero-order chi connectivity index (χ0) is 37.5. The maximum absolute atomic E-state index is 7.02. The van der Waals surface area contributed by atoms with Gasteiger partial charge in [-0.25, -0.2) is 0 Å². The summed E-state index contributed by atoms with van der Waals surface area (Å²) >= 11 is 0. The molecule has 3 nitrogen and oxygen atoms in total. The number of hydrogen-bond donors (Lipinski definition) is 0. The lowest BCUT2D eigenvalue weighted by Gasteiger charge is -2.16. The summed E-state index contributed by atoms with van der Waals surface area (Å²) < 4.78 is 11.8. The van der Waals surface area contributed by atoms with Crippen molar-refractivity contribution in [2.75, 3.05) is 0 Å². The molecule has 0 spiro atoms. The third-order valence-corrected chi connectivity index (χ3v) is 11.7. The lowest BCUT2D eigenvalue weighted by Crippen LogP contribution is -1.96. The summed E-state index contributed by atoms with van der Waals surface area (Å²) in [5, 5.41) is 7.11. The fourth-order valence-electron chi connectivity index (χ4n) is 9.26. The van der Waals surface area contributed by atoms with Crippen LogP contribution < -0.4 is 0 Å². The quantitative estimate of drug-likeness (QED) is 0.173. The molecular formula is C54H34N2O. The number of aromatic nitrogens is 2. The summed E-state index contributed by atoms with van der Waals surface area (Å²) in [6.45, 7) is 0. The molecule has 0 aliphatic rings. The Kier molecular flexibility index (Phi) is 6.93. The van der Waals surface area contributed by atoms with Gasteiger partial charge in [-0.1, -0.05) is 152 Å². The molecule has 0 fully saturated rings. The molecule has 0 aliphatic heterocycles. The van der Waals surface area contributed by atoms with Crippen LogP contribution in [-0.2, 0) is 0 Å². The van der Waals surface area contributed by atoms with Crippen LogP contribution in [0.2, 0.25) is 0 Å². The van der Waals surface area contributed by atoms with Gasteiger partial charge in [0, 0.05) is 49.3 Å². The number of para-hydroxylation sites is 4. The van der Waals surface area contributed by atoms with Gasteiger partial charge >= 0.3 is 0 Å². The van der Waals surface area contributed by atoms with Gasteiger partial charge in [0.05, 0.1) is 22.1 Å². The highest BCUT2D eigenvalue weighted by molar-refractivity contribution is 6.15. The lowest BCUT2D eigenvalue weighted by atomic mass is 9.89. The van der Waals surface area contributed by atoms with Gasteiger partial charge in [0.25, 0.3) is 0 Å². The SMILES string of the molecule is c1ccc(-c2ccccc2-c2ccccc2-c2cc(-n3c4ccccc4c4ccccc43)cc3c2oc2ccc(-n4c5ccccc5c5ccccc54)cc23)cc1. The Bertz CT molecular complexity index is 3420. The Morgan fingerprint density at radius 1 is 0.281 bits per heavy atom. The molecule has 9 aromatic carbocycles. The van der Waals surface area contributed by atoms with Gasteiger partial charge in [-0.3, -0.25) is 0 Å². The molecule has 0 atom stereocenters. The molecule has 0 saturated heterocycles. The van der Waals surface area contributed by atoms with Crippen LogP contribution in [0, 0.1) is 0 Å². The van der Waals surface area contributed by atoms with Crippen LogP contribution in [-0.4, -0.2) is 9.13 Å². The number of nitrogens with zero attached hydrogens (tertiary/aromatic N) is 2. The monoisotopic (exact) mass is 726 g/mol. The van der Waals surface area contributed by atoms with E-state index in [4.69, 9.17) is 4.42 Å². The van der Waals surface area contributed by atoms with Crippen molar-refractivity contribution in [2.24, 2.45) is 0 Å². The predicted molar refractivity (Wildman–Crippen MR) is 239 cm³/mol. The van der Waals surface area contributed by atoms with Crippen LogP contribution in [0.4, 0.5) is 0 Å². The van der Waals surface area contributed by atoms with Gasteiger partial charge in [0.15, 0.2) is 0 Å². The highest BCUT2D eigenvalue weighted by Crippen LogP contribution is 2.45. The summed E-state index contributed by atoms with van der Waals surface area (Å²) in [5.41, 5.74) is 15.5. The maximum atomic E-state index is 7.02. The molecule has 0 bridgehead atoms. The van der Waals surface area contributed by atoms with Crippen LogP contribution in [0.25, 0.3) is 110 Å². The second kappa shape index (κ2) is 12.5. The number of fused-ring (bicyclic) bond motifs is 9. The first kappa shape index (κ1) is 31.7. The Labute approximate surface area is 328 Å². The van der Waals surface area contributed by atoms with Crippen molar-refractivity contribution in [2.45, 2.75) is 0 Å². The topological polar surface area (TPSA) is 23.0 Å². The third kappa shape index (κ3) is 4.79. The van der Waals surface area contributed by atoms with E-state index in [-0.39, 0.29) is 0 Å². The minimum Gasteiger partial charge on any atom is -0.455 e. The van der Waals surface area contributed by atoms with Crippen LogP contribution in [0.5, 0.6) is 0 Å². The van der Waals surface area contributed by atoms with Crippen LogP contribution >= 0.6 is 0 Å². The molecule has 12 aromatic rings. The van der Waals surface area contributed by atoms with E-state index in [0.717, 1.165) is 50.0 Å². The van der Waals surface area contributed by atoms with Gasteiger partial charge in [0.1, 0.15) is 11.2 Å². The molecule has 266 valence electrons. The molecule has 0 aliphatic carbocycles. The third-order valence-electron chi connectivity index (χ3n) is 11.7. The smallest absolute Gasteiger partial charge is 0.143 e. The van der Waals surface area contributed by atoms with Crippen LogP contribution in [0.15, 0.2) is 211 Å². The van der Waals surface area contributed by atoms with Gasteiger partial charge in [0.2, 0.25) is 0 Å². The molecule has 0 N–H and O–H groups in total. The summed E-state index contributed by atoms with van der Waals surface area (Å²) in [7, 11) is 0. The fraction of sp³-hybridized carbons (Fsp3) is 0. The van der Waals surface area contributed by atoms with E-state index in [1.807, 2.05) is 0 Å². The van der Waals surface area contributed by atoms with E-state index in [1.54, 1.807) is 0 Å². The standard InChI is InChI=1S/C54H34N2O/c1-2-16-35(17-3-1)38-18-4-5-19-39(38)40-20-6-7-21-41(40)47-33-37(56-51-28-14-10-24-44(51)45-25-11-15-29-52(45)56)34-48-46-32-36(30-31-53(46)57-54(47)48)55-49-26-12-8-22-42(49)43-23-9-13-27-50(43)55/h1-34H. The largest absolute Gasteiger partial charge is 0.455 e. The molecule has 3 heterocycles. The Hall–Kier alpha value is -7.62. The maximum Gasteiger partial charge on any atom is 0.143 e. The normalized spacial score (nSPS) is 11.9. The first-order valence-electron chi connectivity index (χ1n) is 19.5. The average molecular weight is 727 g/mol. The van der Waals surface area contributed by atoms with Crippen molar-refractivity contribution in [3.05, 3.63) is 206 Å². The second-order valence-corrected chi connectivity index (χ2v) is 14.8. The van der Waals surface area contributed by atoms with Gasteiger partial charge in [-0.2, -0.15) is 0 Å². The summed E-state index contributed by atoms with van der Waals surface area (Å²) in [5.74, 6) is 0. The highest BCUT2D eigenvalue weighted by Gasteiger charge is 2.22. The first-order valence-corrected chi connectivity index (χ1v) is 19.5. The minimum absolute atomic E-state index is 0.859. The number of hydrogen-bond acceptors (Lipinski definition) is 1. The lowest BCUT2D eigenvalue weighted by molar-refractivity contribution is 0.670. The van der Waals surface area contributed by atoms with Gasteiger partial charge in [-0.15, -0.1) is 0 Å². The molecule has 0 unspecified atom stereocenters. The zero-order valence-electron chi connectivity index (χ0n) is 30.9. The molecule has 0 saturated carbocycles. The van der Waals surface area contributed by atoms with E-state index in [0.29, 0.717) is 0 Å². The van der Waals surface area contributed by atoms with E-state index in [9.17, 15) is 0 Å². The van der Waals surface area contributed by atoms with Crippen molar-refractivity contribution < 1.29 is 4.42 Å². The number of rotatable bonds is 5. The highest BCUT2D eigenvalue weighted by atomic mass is 16.3. The fourth-order valence-corrected chi connectivity index (χ4v) is 9.26. The summed E-state index contributed by atoms with van der Waals surface area (Å²) in [6, 6.07) is 74.4. The van der Waals surface area contributed by atoms with E-state index in [2.05, 4.69) is 215 Å². The molecule has 57 heavy (non-hydrogen) atoms. The van der Waals surface area contributed by atoms with Gasteiger partial charge < -0.3 is 13.6 Å². The molecular weight excluding hydrogens is 693 g/mol. The molecule has 0 radical (unpaired) electrons. The number of furan rings is 1. The Morgan fingerprint density at radius 3 is 1.26 bits per heavy atom. The van der Waals surface area contributed by atoms with Crippen LogP contribution in [0.1, 0.15) is 0 Å². The molecule has 3 aromatic heterocycles. The summed E-state index contributed by atoms with van der Waals surface area (Å²) in [6.07, 6.45) is 0. The van der Waals surface area contributed by atoms with Crippen molar-refractivity contribution in [3.63, 3.8) is 0 Å². The zero-order valence-corrected chi connectivity index (χ0v) is 30.9. The summed E-state index contributed by atoms with van der Waals surface area (Å²) in [4.78, 5) is 0. The molecule has 3 heteroatoms. The van der Waals surface area contributed by atoms with Crippen molar-refractivity contribution in [3.8, 4) is 44.8 Å². The Balaban J connectivity index is 1.18.